The summed E-state index contributed by atoms with van der Waals surface area (Å²) < 4.78 is 0. The molecule has 4 heteroatoms. The van der Waals surface area contributed by atoms with Crippen LogP contribution in [0.5, 0.6) is 0 Å². The first-order valence-corrected chi connectivity index (χ1v) is 6.44. The van der Waals surface area contributed by atoms with E-state index in [2.05, 4.69) is 51.7 Å². The third-order valence-corrected chi connectivity index (χ3v) is 3.30. The Morgan fingerprint density at radius 3 is 2.20 bits per heavy atom. The van der Waals surface area contributed by atoms with Crippen LogP contribution >= 0.6 is 15.9 Å². The summed E-state index contributed by atoms with van der Waals surface area (Å²) in [6, 6.07) is 0.528. The van der Waals surface area contributed by atoms with Crippen LogP contribution in [0.15, 0.2) is 12.4 Å². The number of hydrogen-bond acceptors (Lipinski definition) is 3. The summed E-state index contributed by atoms with van der Waals surface area (Å²) in [5.41, 5.74) is 1.11. The topological polar surface area (TPSA) is 29.0 Å². The van der Waals surface area contributed by atoms with Crippen molar-refractivity contribution in [3.63, 3.8) is 0 Å². The number of rotatable bonds is 5. The Bertz CT molecular complexity index is 282. The van der Waals surface area contributed by atoms with Gasteiger partial charge < -0.3 is 4.90 Å². The fourth-order valence-corrected chi connectivity index (χ4v) is 1.89. The quantitative estimate of drug-likeness (QED) is 0.771. The molecule has 0 amide bonds. The van der Waals surface area contributed by atoms with Crippen LogP contribution in [0, 0.1) is 0 Å². The van der Waals surface area contributed by atoms with E-state index < -0.39 is 0 Å². The van der Waals surface area contributed by atoms with Crippen molar-refractivity contribution in [2.24, 2.45) is 0 Å². The summed E-state index contributed by atoms with van der Waals surface area (Å²) >= 11 is 3.38. The maximum atomic E-state index is 4.35. The van der Waals surface area contributed by atoms with Gasteiger partial charge in [0.2, 0.25) is 5.95 Å². The van der Waals surface area contributed by atoms with Gasteiger partial charge in [-0.15, -0.1) is 0 Å². The van der Waals surface area contributed by atoms with Crippen molar-refractivity contribution in [3.8, 4) is 0 Å². The Morgan fingerprint density at radius 1 is 1.27 bits per heavy atom. The van der Waals surface area contributed by atoms with Crippen LogP contribution in [0.4, 0.5) is 5.95 Å². The summed E-state index contributed by atoms with van der Waals surface area (Å²) in [6.45, 7) is 4.38. The van der Waals surface area contributed by atoms with Crippen LogP contribution in [0.3, 0.4) is 0 Å². The van der Waals surface area contributed by atoms with E-state index in [1.54, 1.807) is 0 Å². The molecule has 1 rings (SSSR count). The van der Waals surface area contributed by atoms with E-state index in [-0.39, 0.29) is 0 Å². The summed E-state index contributed by atoms with van der Waals surface area (Å²) in [6.07, 6.45) is 5.99. The lowest BCUT2D eigenvalue weighted by molar-refractivity contribution is 0.581. The Balaban J connectivity index is 2.76. The fourth-order valence-electron chi connectivity index (χ4n) is 1.60. The van der Waals surface area contributed by atoms with Crippen molar-refractivity contribution < 1.29 is 0 Å². The van der Waals surface area contributed by atoms with Gasteiger partial charge in [-0.1, -0.05) is 29.8 Å². The lowest BCUT2D eigenvalue weighted by Crippen LogP contribution is -2.31. The summed E-state index contributed by atoms with van der Waals surface area (Å²) in [5, 5.41) is 0.808. The van der Waals surface area contributed by atoms with Crippen LogP contribution in [-0.4, -0.2) is 23.1 Å². The van der Waals surface area contributed by atoms with Gasteiger partial charge in [0.25, 0.3) is 0 Å². The van der Waals surface area contributed by atoms with Gasteiger partial charge >= 0.3 is 0 Å². The second kappa shape index (κ2) is 6.05. The van der Waals surface area contributed by atoms with Crippen molar-refractivity contribution >= 4 is 21.9 Å². The number of anilines is 1. The van der Waals surface area contributed by atoms with E-state index >= 15 is 0 Å². The number of aromatic nitrogens is 2. The molecular formula is C11H18BrN3. The lowest BCUT2D eigenvalue weighted by Gasteiger charge is -2.26. The number of alkyl halides is 1. The predicted molar refractivity (Wildman–Crippen MR) is 67.4 cm³/mol. The SMILES string of the molecule is CCC(CC)N(C)c1ncc(CBr)cn1. The zero-order valence-corrected chi connectivity index (χ0v) is 11.2. The summed E-state index contributed by atoms with van der Waals surface area (Å²) in [7, 11) is 2.06. The van der Waals surface area contributed by atoms with E-state index in [1.165, 1.54) is 0 Å². The molecule has 0 saturated heterocycles. The fraction of sp³-hybridized carbons (Fsp3) is 0.636. The average Bonchev–Trinajstić information content (AvgIpc) is 2.30. The van der Waals surface area contributed by atoms with E-state index in [4.69, 9.17) is 0 Å². The van der Waals surface area contributed by atoms with Gasteiger partial charge in [0.1, 0.15) is 0 Å². The van der Waals surface area contributed by atoms with Crippen LogP contribution in [0.1, 0.15) is 32.3 Å². The second-order valence-electron chi connectivity index (χ2n) is 3.61. The van der Waals surface area contributed by atoms with Gasteiger partial charge in [-0.05, 0) is 18.4 Å². The van der Waals surface area contributed by atoms with E-state index in [1.807, 2.05) is 12.4 Å². The Hall–Kier alpha value is -0.640. The maximum absolute atomic E-state index is 4.35. The second-order valence-corrected chi connectivity index (χ2v) is 4.17. The summed E-state index contributed by atoms with van der Waals surface area (Å²) in [5.74, 6) is 0.813. The molecule has 0 aromatic carbocycles. The molecule has 0 aliphatic heterocycles. The standard InChI is InChI=1S/C11H18BrN3/c1-4-10(5-2)15(3)11-13-7-9(6-12)8-14-11/h7-8,10H,4-6H2,1-3H3. The first-order chi connectivity index (χ1) is 7.22. The molecule has 0 saturated carbocycles. The van der Waals surface area contributed by atoms with Gasteiger partial charge in [-0.3, -0.25) is 0 Å². The molecule has 0 aliphatic carbocycles. The average molecular weight is 272 g/mol. The van der Waals surface area contributed by atoms with Crippen molar-refractivity contribution in [3.05, 3.63) is 18.0 Å². The van der Waals surface area contributed by atoms with Crippen LogP contribution in [0.25, 0.3) is 0 Å². The lowest BCUT2D eigenvalue weighted by atomic mass is 10.1. The highest BCUT2D eigenvalue weighted by atomic mass is 79.9. The molecule has 84 valence electrons. The van der Waals surface area contributed by atoms with Gasteiger partial charge in [0.15, 0.2) is 0 Å². The van der Waals surface area contributed by atoms with Crippen molar-refractivity contribution in [1.82, 2.24) is 9.97 Å². The van der Waals surface area contributed by atoms with Crippen molar-refractivity contribution in [1.29, 1.82) is 0 Å². The van der Waals surface area contributed by atoms with Crippen LogP contribution < -0.4 is 4.90 Å². The van der Waals surface area contributed by atoms with Gasteiger partial charge in [0.05, 0.1) is 0 Å². The Morgan fingerprint density at radius 2 is 1.80 bits per heavy atom. The van der Waals surface area contributed by atoms with Gasteiger partial charge in [-0.25, -0.2) is 9.97 Å². The molecule has 1 aromatic rings. The summed E-state index contributed by atoms with van der Waals surface area (Å²) in [4.78, 5) is 10.9. The minimum absolute atomic E-state index is 0.528. The smallest absolute Gasteiger partial charge is 0.225 e. The van der Waals surface area contributed by atoms with Crippen molar-refractivity contribution in [2.75, 3.05) is 11.9 Å². The zero-order chi connectivity index (χ0) is 11.3. The highest BCUT2D eigenvalue weighted by Crippen LogP contribution is 2.14. The first-order valence-electron chi connectivity index (χ1n) is 5.32. The molecular weight excluding hydrogens is 254 g/mol. The molecule has 0 fully saturated rings. The molecule has 1 aromatic heterocycles. The van der Waals surface area contributed by atoms with Gasteiger partial charge in [-0.2, -0.15) is 0 Å². The number of hydrogen-bond donors (Lipinski definition) is 0. The highest BCUT2D eigenvalue weighted by Gasteiger charge is 2.12. The molecule has 3 nitrogen and oxygen atoms in total. The van der Waals surface area contributed by atoms with E-state index in [0.717, 1.165) is 29.7 Å². The molecule has 0 radical (unpaired) electrons. The van der Waals surface area contributed by atoms with E-state index in [0.29, 0.717) is 6.04 Å². The number of nitrogens with zero attached hydrogens (tertiary/aromatic N) is 3. The van der Waals surface area contributed by atoms with Gasteiger partial charge in [0, 0.05) is 30.8 Å². The zero-order valence-electron chi connectivity index (χ0n) is 9.57. The number of halogens is 1. The van der Waals surface area contributed by atoms with E-state index in [9.17, 15) is 0 Å². The third-order valence-electron chi connectivity index (χ3n) is 2.65. The highest BCUT2D eigenvalue weighted by molar-refractivity contribution is 9.08. The minimum Gasteiger partial charge on any atom is -0.341 e. The molecule has 0 unspecified atom stereocenters. The van der Waals surface area contributed by atoms with Crippen molar-refractivity contribution in [2.45, 2.75) is 38.1 Å². The van der Waals surface area contributed by atoms with Crippen LogP contribution in [0.2, 0.25) is 0 Å². The first kappa shape index (κ1) is 12.4. The molecule has 0 aliphatic rings. The molecule has 1 heterocycles. The molecule has 0 spiro atoms. The third kappa shape index (κ3) is 3.16. The van der Waals surface area contributed by atoms with Crippen LogP contribution in [-0.2, 0) is 5.33 Å². The molecule has 0 N–H and O–H groups in total. The Kier molecular flexibility index (Phi) is 5.02. The molecule has 15 heavy (non-hydrogen) atoms. The monoisotopic (exact) mass is 271 g/mol. The largest absolute Gasteiger partial charge is 0.341 e. The maximum Gasteiger partial charge on any atom is 0.225 e. The normalized spacial score (nSPS) is 10.7. The Labute approximate surface area is 100 Å². The molecule has 0 bridgehead atoms. The minimum atomic E-state index is 0.528. The predicted octanol–water partition coefficient (Wildman–Crippen LogP) is 3.00. The molecule has 0 atom stereocenters.